The van der Waals surface area contributed by atoms with Crippen LogP contribution < -0.4 is 10.1 Å². The van der Waals surface area contributed by atoms with Crippen LogP contribution in [0.4, 0.5) is 9.18 Å². The van der Waals surface area contributed by atoms with Crippen molar-refractivity contribution in [2.24, 2.45) is 5.92 Å². The highest BCUT2D eigenvalue weighted by Gasteiger charge is 2.38. The number of nitrogens with zero attached hydrogens (tertiary/aromatic N) is 2. The van der Waals surface area contributed by atoms with Crippen LogP contribution in [-0.4, -0.2) is 53.7 Å². The van der Waals surface area contributed by atoms with Crippen molar-refractivity contribution < 1.29 is 23.5 Å². The lowest BCUT2D eigenvalue weighted by Crippen LogP contribution is -2.53. The zero-order chi connectivity index (χ0) is 21.8. The molecule has 0 radical (unpaired) electrons. The fraction of sp³-hybridized carbons (Fsp3) is 0.476. The number of H-pyrrole nitrogens is 1. The van der Waals surface area contributed by atoms with Gasteiger partial charge in [-0.15, -0.1) is 0 Å². The maximum atomic E-state index is 14.9. The van der Waals surface area contributed by atoms with Gasteiger partial charge in [0.2, 0.25) is 0 Å². The van der Waals surface area contributed by atoms with Crippen LogP contribution in [0.15, 0.2) is 24.5 Å². The molecule has 2 N–H and O–H groups in total. The van der Waals surface area contributed by atoms with Crippen molar-refractivity contribution in [2.75, 3.05) is 20.8 Å². The summed E-state index contributed by atoms with van der Waals surface area (Å²) in [6.07, 6.45) is 2.76. The number of methoxy groups -OCH3 is 2. The van der Waals surface area contributed by atoms with E-state index in [1.807, 2.05) is 13.8 Å². The second kappa shape index (κ2) is 9.15. The lowest BCUT2D eigenvalue weighted by molar-refractivity contribution is -0.144. The summed E-state index contributed by atoms with van der Waals surface area (Å²) in [6.45, 7) is 4.13. The van der Waals surface area contributed by atoms with Crippen LogP contribution in [0.1, 0.15) is 43.3 Å². The summed E-state index contributed by atoms with van der Waals surface area (Å²) in [6, 6.07) is 2.51. The van der Waals surface area contributed by atoms with Crippen LogP contribution in [0.3, 0.4) is 0 Å². The van der Waals surface area contributed by atoms with Crippen LogP contribution >= 0.6 is 0 Å². The molecule has 2 amide bonds. The van der Waals surface area contributed by atoms with Gasteiger partial charge in [0.15, 0.2) is 0 Å². The maximum absolute atomic E-state index is 14.9. The molecule has 0 unspecified atom stereocenters. The van der Waals surface area contributed by atoms with Crippen molar-refractivity contribution >= 4 is 12.0 Å². The van der Waals surface area contributed by atoms with Gasteiger partial charge in [0, 0.05) is 30.3 Å². The summed E-state index contributed by atoms with van der Waals surface area (Å²) in [5, 5.41) is 2.78. The van der Waals surface area contributed by atoms with Crippen molar-refractivity contribution in [3.8, 4) is 5.75 Å². The summed E-state index contributed by atoms with van der Waals surface area (Å²) in [5.74, 6) is -0.752. The number of benzene rings is 1. The zero-order valence-electron chi connectivity index (χ0n) is 17.6. The van der Waals surface area contributed by atoms with E-state index in [1.165, 1.54) is 31.5 Å². The number of esters is 1. The average Bonchev–Trinajstić information content (AvgIpc) is 3.24. The van der Waals surface area contributed by atoms with E-state index in [9.17, 15) is 14.0 Å². The first-order chi connectivity index (χ1) is 14.4. The number of aromatic nitrogens is 2. The molecule has 0 fully saturated rings. The normalized spacial score (nSPS) is 17.6. The molecule has 1 aliphatic rings. The molecule has 0 spiro atoms. The van der Waals surface area contributed by atoms with E-state index in [0.717, 1.165) is 5.69 Å². The third kappa shape index (κ3) is 4.10. The summed E-state index contributed by atoms with van der Waals surface area (Å²) >= 11 is 0. The first-order valence-corrected chi connectivity index (χ1v) is 9.91. The Bertz CT molecular complexity index is 916. The van der Waals surface area contributed by atoms with E-state index in [0.29, 0.717) is 36.4 Å². The number of aromatic amines is 1. The largest absolute Gasteiger partial charge is 0.497 e. The lowest BCUT2D eigenvalue weighted by Gasteiger charge is -2.36. The van der Waals surface area contributed by atoms with Crippen molar-refractivity contribution in [3.05, 3.63) is 47.3 Å². The number of nitrogens with one attached hydrogen (secondary N) is 2. The summed E-state index contributed by atoms with van der Waals surface area (Å²) in [4.78, 5) is 34.4. The van der Waals surface area contributed by atoms with E-state index in [1.54, 1.807) is 12.1 Å². The monoisotopic (exact) mass is 418 g/mol. The third-order valence-corrected chi connectivity index (χ3v) is 5.64. The van der Waals surface area contributed by atoms with Gasteiger partial charge < -0.3 is 24.7 Å². The summed E-state index contributed by atoms with van der Waals surface area (Å²) < 4.78 is 24.9. The number of hydrogen-bond donors (Lipinski definition) is 2. The predicted molar refractivity (Wildman–Crippen MR) is 108 cm³/mol. The number of urea groups is 1. The summed E-state index contributed by atoms with van der Waals surface area (Å²) in [7, 11) is 2.75. The number of rotatable bonds is 6. The molecule has 0 saturated carbocycles. The SMILES string of the molecule is CC[C@H](C)[C@H](NC(=O)N1CCc2[nH]cnc2[C@@H]1c1ccc(OC)cc1F)C(=O)OC. The van der Waals surface area contributed by atoms with Gasteiger partial charge in [-0.05, 0) is 18.1 Å². The minimum atomic E-state index is -0.797. The van der Waals surface area contributed by atoms with Crippen LogP contribution in [0.5, 0.6) is 5.75 Å². The highest BCUT2D eigenvalue weighted by Crippen LogP contribution is 2.35. The number of carbonyl (C=O) groups is 2. The second-order valence-corrected chi connectivity index (χ2v) is 7.34. The number of carbonyl (C=O) groups excluding carboxylic acids is 2. The molecule has 1 aromatic heterocycles. The first-order valence-electron chi connectivity index (χ1n) is 9.91. The standard InChI is InChI=1S/C21H27FN4O4/c1-5-12(2)17(20(27)30-4)25-21(28)26-9-8-16-18(24-11-23-16)19(26)14-7-6-13(29-3)10-15(14)22/h6-7,10-12,17,19H,5,8-9H2,1-4H3,(H,23,24)(H,25,28)/t12-,17-,19-/m0/s1. The molecule has 1 aromatic carbocycles. The Morgan fingerprint density at radius 3 is 2.80 bits per heavy atom. The fourth-order valence-corrected chi connectivity index (χ4v) is 3.68. The van der Waals surface area contributed by atoms with E-state index < -0.39 is 29.9 Å². The zero-order valence-corrected chi connectivity index (χ0v) is 17.6. The van der Waals surface area contributed by atoms with Crippen molar-refractivity contribution in [2.45, 2.75) is 38.8 Å². The minimum Gasteiger partial charge on any atom is -0.497 e. The van der Waals surface area contributed by atoms with Gasteiger partial charge >= 0.3 is 12.0 Å². The molecular weight excluding hydrogens is 391 g/mol. The predicted octanol–water partition coefficient (Wildman–Crippen LogP) is 2.80. The van der Waals surface area contributed by atoms with Crippen LogP contribution in [0, 0.1) is 11.7 Å². The number of imidazole rings is 1. The summed E-state index contributed by atoms with van der Waals surface area (Å²) in [5.41, 5.74) is 1.74. The number of amides is 2. The molecular formula is C21H27FN4O4. The molecule has 0 aliphatic carbocycles. The second-order valence-electron chi connectivity index (χ2n) is 7.34. The van der Waals surface area contributed by atoms with Gasteiger partial charge in [0.05, 0.1) is 26.2 Å². The van der Waals surface area contributed by atoms with Gasteiger partial charge in [-0.25, -0.2) is 19.0 Å². The van der Waals surface area contributed by atoms with Gasteiger partial charge in [0.25, 0.3) is 0 Å². The molecule has 2 heterocycles. The third-order valence-electron chi connectivity index (χ3n) is 5.64. The Morgan fingerprint density at radius 1 is 1.40 bits per heavy atom. The number of halogens is 1. The smallest absolute Gasteiger partial charge is 0.328 e. The minimum absolute atomic E-state index is 0.122. The number of fused-ring (bicyclic) bond motifs is 1. The van der Waals surface area contributed by atoms with E-state index in [-0.39, 0.29) is 5.92 Å². The van der Waals surface area contributed by atoms with Crippen molar-refractivity contribution in [3.63, 3.8) is 0 Å². The van der Waals surface area contributed by atoms with E-state index >= 15 is 0 Å². The molecule has 0 saturated heterocycles. The molecule has 1 aliphatic heterocycles. The van der Waals surface area contributed by atoms with Crippen molar-refractivity contribution in [1.82, 2.24) is 20.2 Å². The highest BCUT2D eigenvalue weighted by molar-refractivity contribution is 5.84. The molecule has 3 rings (SSSR count). The molecule has 2 aromatic rings. The van der Waals surface area contributed by atoms with Gasteiger partial charge in [-0.2, -0.15) is 0 Å². The molecule has 9 heteroatoms. The molecule has 30 heavy (non-hydrogen) atoms. The van der Waals surface area contributed by atoms with Crippen LogP contribution in [-0.2, 0) is 16.0 Å². The molecule has 8 nitrogen and oxygen atoms in total. The maximum Gasteiger partial charge on any atom is 0.328 e. The average molecular weight is 418 g/mol. The lowest BCUT2D eigenvalue weighted by atomic mass is 9.95. The Labute approximate surface area is 174 Å². The van der Waals surface area contributed by atoms with Crippen molar-refractivity contribution in [1.29, 1.82) is 0 Å². The molecule has 0 bridgehead atoms. The van der Waals surface area contributed by atoms with Gasteiger partial charge in [0.1, 0.15) is 23.7 Å². The highest BCUT2D eigenvalue weighted by atomic mass is 19.1. The Balaban J connectivity index is 1.96. The first kappa shape index (κ1) is 21.6. The van der Waals surface area contributed by atoms with Crippen LogP contribution in [0.25, 0.3) is 0 Å². The van der Waals surface area contributed by atoms with E-state index in [2.05, 4.69) is 15.3 Å². The van der Waals surface area contributed by atoms with E-state index in [4.69, 9.17) is 9.47 Å². The molecule has 3 atom stereocenters. The Kier molecular flexibility index (Phi) is 6.59. The number of ether oxygens (including phenoxy) is 2. The molecule has 162 valence electrons. The Hall–Kier alpha value is -3.10. The quantitative estimate of drug-likeness (QED) is 0.704. The fourth-order valence-electron chi connectivity index (χ4n) is 3.68. The number of hydrogen-bond acceptors (Lipinski definition) is 5. The topological polar surface area (TPSA) is 96.5 Å². The Morgan fingerprint density at radius 2 is 2.17 bits per heavy atom. The van der Waals surface area contributed by atoms with Gasteiger partial charge in [-0.1, -0.05) is 20.3 Å². The van der Waals surface area contributed by atoms with Gasteiger partial charge in [-0.3, -0.25) is 0 Å². The van der Waals surface area contributed by atoms with Crippen LogP contribution in [0.2, 0.25) is 0 Å².